The molecule has 0 aliphatic heterocycles. The van der Waals surface area contributed by atoms with Gasteiger partial charge in [0, 0.05) is 17.1 Å². The molecule has 3 N–H and O–H groups in total. The average Bonchev–Trinajstić information content (AvgIpc) is 2.37. The number of anilines is 1. The maximum absolute atomic E-state index is 11.8. The van der Waals surface area contributed by atoms with Crippen LogP contribution in [-0.2, 0) is 19.6 Å². The number of methoxy groups -OCH3 is 1. The maximum atomic E-state index is 11.8. The predicted molar refractivity (Wildman–Crippen MR) is 74.5 cm³/mol. The molecule has 0 aliphatic carbocycles. The fourth-order valence-corrected chi connectivity index (χ4v) is 3.25. The minimum Gasteiger partial charge on any atom is -0.468 e. The van der Waals surface area contributed by atoms with E-state index in [1.165, 1.54) is 25.3 Å². The number of benzene rings is 1. The van der Waals surface area contributed by atoms with Crippen LogP contribution in [-0.4, -0.2) is 33.8 Å². The van der Waals surface area contributed by atoms with Gasteiger partial charge in [-0.05, 0) is 18.2 Å². The van der Waals surface area contributed by atoms with E-state index in [4.69, 9.17) is 5.73 Å². The highest BCUT2D eigenvalue weighted by molar-refractivity contribution is 8.00. The molecule has 0 aliphatic rings. The largest absolute Gasteiger partial charge is 0.468 e. The summed E-state index contributed by atoms with van der Waals surface area (Å²) in [6.07, 6.45) is 0. The molecule has 1 aromatic carbocycles. The molecule has 0 aromatic heterocycles. The lowest BCUT2D eigenvalue weighted by atomic mass is 10.3. The van der Waals surface area contributed by atoms with Crippen molar-refractivity contribution in [2.45, 2.75) is 16.7 Å². The van der Waals surface area contributed by atoms with Gasteiger partial charge in [0.05, 0.1) is 17.8 Å². The van der Waals surface area contributed by atoms with Crippen LogP contribution in [0.15, 0.2) is 28.0 Å². The molecule has 1 rings (SSSR count). The molecule has 0 unspecified atom stereocenters. The molecule has 0 saturated heterocycles. The first-order valence-corrected chi connectivity index (χ1v) is 7.96. The van der Waals surface area contributed by atoms with Crippen molar-refractivity contribution < 1.29 is 17.9 Å². The van der Waals surface area contributed by atoms with E-state index in [0.29, 0.717) is 17.1 Å². The molecule has 0 radical (unpaired) electrons. The lowest BCUT2D eigenvalue weighted by Gasteiger charge is -2.09. The summed E-state index contributed by atoms with van der Waals surface area (Å²) in [4.78, 5) is 11.7. The first-order valence-electron chi connectivity index (χ1n) is 5.49. The van der Waals surface area contributed by atoms with Crippen LogP contribution in [0.3, 0.4) is 0 Å². The summed E-state index contributed by atoms with van der Waals surface area (Å²) in [6.45, 7) is 2.00. The summed E-state index contributed by atoms with van der Waals surface area (Å²) in [7, 11) is -2.24. The van der Waals surface area contributed by atoms with Gasteiger partial charge in [-0.2, -0.15) is 0 Å². The van der Waals surface area contributed by atoms with Crippen LogP contribution in [0, 0.1) is 0 Å². The number of esters is 1. The van der Waals surface area contributed by atoms with Gasteiger partial charge in [0.25, 0.3) is 0 Å². The normalized spacial score (nSPS) is 11.3. The van der Waals surface area contributed by atoms with Gasteiger partial charge < -0.3 is 10.5 Å². The zero-order chi connectivity index (χ0) is 14.5. The van der Waals surface area contributed by atoms with Crippen molar-refractivity contribution in [3.8, 4) is 0 Å². The molecule has 0 spiro atoms. The summed E-state index contributed by atoms with van der Waals surface area (Å²) in [5, 5.41) is 0. The quantitative estimate of drug-likeness (QED) is 0.459. The monoisotopic (exact) mass is 304 g/mol. The summed E-state index contributed by atoms with van der Waals surface area (Å²) in [5.74, 6) is -0.324. The van der Waals surface area contributed by atoms with E-state index in [9.17, 15) is 13.2 Å². The van der Waals surface area contributed by atoms with Gasteiger partial charge in [-0.25, -0.2) is 13.1 Å². The average molecular weight is 304 g/mol. The van der Waals surface area contributed by atoms with Crippen LogP contribution in [0.2, 0.25) is 0 Å². The molecule has 0 atom stereocenters. The zero-order valence-corrected chi connectivity index (χ0v) is 12.3. The zero-order valence-electron chi connectivity index (χ0n) is 10.7. The van der Waals surface area contributed by atoms with Crippen molar-refractivity contribution in [2.24, 2.45) is 0 Å². The van der Waals surface area contributed by atoms with E-state index in [2.05, 4.69) is 9.46 Å². The number of nitrogens with one attached hydrogen (secondary N) is 1. The van der Waals surface area contributed by atoms with Crippen LogP contribution < -0.4 is 10.5 Å². The van der Waals surface area contributed by atoms with Crippen molar-refractivity contribution >= 4 is 33.4 Å². The lowest BCUT2D eigenvalue weighted by Crippen LogP contribution is -2.23. The number of carbonyl (C=O) groups excluding carboxylic acids is 1. The first kappa shape index (κ1) is 15.8. The fourth-order valence-electron chi connectivity index (χ4n) is 1.28. The van der Waals surface area contributed by atoms with Crippen molar-refractivity contribution in [2.75, 3.05) is 25.1 Å². The predicted octanol–water partition coefficient (Wildman–Crippen LogP) is 0.832. The molecule has 0 bridgehead atoms. The molecule has 0 saturated carbocycles. The third kappa shape index (κ3) is 4.41. The Morgan fingerprint density at radius 2 is 2.16 bits per heavy atom. The molecule has 1 aromatic rings. The summed E-state index contributed by atoms with van der Waals surface area (Å²) in [6, 6.07) is 4.38. The number of carbonyl (C=O) groups is 1. The molecule has 19 heavy (non-hydrogen) atoms. The van der Waals surface area contributed by atoms with Crippen LogP contribution in [0.25, 0.3) is 0 Å². The number of sulfonamides is 1. The number of nitrogens with two attached hydrogens (primary N) is 1. The number of rotatable bonds is 6. The second kappa shape index (κ2) is 6.78. The second-order valence-electron chi connectivity index (χ2n) is 3.57. The Labute approximate surface area is 116 Å². The van der Waals surface area contributed by atoms with E-state index in [1.807, 2.05) is 0 Å². The van der Waals surface area contributed by atoms with Crippen LogP contribution >= 0.6 is 11.8 Å². The molecule has 0 amide bonds. The molecular formula is C11H16N2O4S2. The van der Waals surface area contributed by atoms with Gasteiger partial charge in [0.15, 0.2) is 0 Å². The molecule has 0 heterocycles. The summed E-state index contributed by atoms with van der Waals surface area (Å²) < 4.78 is 30.6. The van der Waals surface area contributed by atoms with E-state index in [0.717, 1.165) is 11.8 Å². The number of ether oxygens (including phenoxy) is 1. The van der Waals surface area contributed by atoms with Crippen LogP contribution in [0.1, 0.15) is 6.92 Å². The van der Waals surface area contributed by atoms with Gasteiger partial charge in [-0.1, -0.05) is 6.92 Å². The van der Waals surface area contributed by atoms with Crippen molar-refractivity contribution in [3.63, 3.8) is 0 Å². The number of nitrogen functional groups attached to an aromatic ring is 1. The van der Waals surface area contributed by atoms with Gasteiger partial charge in [0.2, 0.25) is 10.0 Å². The van der Waals surface area contributed by atoms with E-state index >= 15 is 0 Å². The van der Waals surface area contributed by atoms with Crippen molar-refractivity contribution in [1.82, 2.24) is 4.72 Å². The molecule has 6 nitrogen and oxygen atoms in total. The Bertz CT molecular complexity index is 558. The van der Waals surface area contributed by atoms with Gasteiger partial charge in [-0.3, -0.25) is 4.79 Å². The van der Waals surface area contributed by atoms with Crippen LogP contribution in [0.4, 0.5) is 5.69 Å². The standard InChI is InChI=1S/C11H16N2O4S2/c1-3-13-19(15,16)8-4-5-9(12)10(6-8)18-7-11(14)17-2/h4-6,13H,3,7,12H2,1-2H3. The minimum atomic E-state index is -3.53. The topological polar surface area (TPSA) is 98.5 Å². The number of hydrogen-bond acceptors (Lipinski definition) is 6. The first-order chi connectivity index (χ1) is 8.90. The molecule has 106 valence electrons. The highest BCUT2D eigenvalue weighted by Gasteiger charge is 2.15. The number of hydrogen-bond donors (Lipinski definition) is 2. The molecular weight excluding hydrogens is 288 g/mol. The third-order valence-electron chi connectivity index (χ3n) is 2.20. The molecule has 8 heteroatoms. The Morgan fingerprint density at radius 1 is 1.47 bits per heavy atom. The van der Waals surface area contributed by atoms with Gasteiger partial charge in [-0.15, -0.1) is 11.8 Å². The Balaban J connectivity index is 2.97. The Hall–Kier alpha value is -1.25. The minimum absolute atomic E-state index is 0.0748. The highest BCUT2D eigenvalue weighted by atomic mass is 32.2. The Morgan fingerprint density at radius 3 is 2.74 bits per heavy atom. The lowest BCUT2D eigenvalue weighted by molar-refractivity contribution is -0.137. The van der Waals surface area contributed by atoms with E-state index in [1.54, 1.807) is 6.92 Å². The smallest absolute Gasteiger partial charge is 0.315 e. The Kier molecular flexibility index (Phi) is 5.64. The fraction of sp³-hybridized carbons (Fsp3) is 0.364. The van der Waals surface area contributed by atoms with E-state index < -0.39 is 16.0 Å². The van der Waals surface area contributed by atoms with Crippen molar-refractivity contribution in [3.05, 3.63) is 18.2 Å². The van der Waals surface area contributed by atoms with Crippen LogP contribution in [0.5, 0.6) is 0 Å². The highest BCUT2D eigenvalue weighted by Crippen LogP contribution is 2.27. The van der Waals surface area contributed by atoms with Crippen molar-refractivity contribution in [1.29, 1.82) is 0 Å². The SMILES string of the molecule is CCNS(=O)(=O)c1ccc(N)c(SCC(=O)OC)c1. The van der Waals surface area contributed by atoms with Gasteiger partial charge in [0.1, 0.15) is 0 Å². The summed E-state index contributed by atoms with van der Waals surface area (Å²) in [5.41, 5.74) is 6.17. The van der Waals surface area contributed by atoms with Gasteiger partial charge >= 0.3 is 5.97 Å². The summed E-state index contributed by atoms with van der Waals surface area (Å²) >= 11 is 1.14. The maximum Gasteiger partial charge on any atom is 0.315 e. The third-order valence-corrected chi connectivity index (χ3v) is 4.79. The number of thioether (sulfide) groups is 1. The molecule has 0 fully saturated rings. The van der Waals surface area contributed by atoms with E-state index in [-0.39, 0.29) is 10.6 Å². The second-order valence-corrected chi connectivity index (χ2v) is 6.35.